The predicted octanol–water partition coefficient (Wildman–Crippen LogP) is 3.39. The molecule has 0 atom stereocenters. The van der Waals surface area contributed by atoms with Crippen LogP contribution in [0.2, 0.25) is 5.02 Å². The molecule has 3 rings (SSSR count). The second-order valence-electron chi connectivity index (χ2n) is 5.93. The Labute approximate surface area is 162 Å². The number of halogens is 1. The Bertz CT molecular complexity index is 1020. The lowest BCUT2D eigenvalue weighted by Crippen LogP contribution is -2.19. The van der Waals surface area contributed by atoms with Crippen molar-refractivity contribution in [3.8, 4) is 0 Å². The van der Waals surface area contributed by atoms with Gasteiger partial charge in [0.1, 0.15) is 5.82 Å². The molecule has 0 aliphatic heterocycles. The third kappa shape index (κ3) is 5.18. The van der Waals surface area contributed by atoms with E-state index in [9.17, 15) is 13.2 Å². The van der Waals surface area contributed by atoms with Crippen LogP contribution in [0.4, 0.5) is 5.82 Å². The number of carbonyl (C=O) groups is 1. The first-order valence-corrected chi connectivity index (χ1v) is 10.3. The number of nitrogens with zero attached hydrogens (tertiary/aromatic N) is 2. The van der Waals surface area contributed by atoms with Crippen LogP contribution in [-0.4, -0.2) is 29.9 Å². The highest BCUT2D eigenvalue weighted by molar-refractivity contribution is 7.91. The van der Waals surface area contributed by atoms with Crippen molar-refractivity contribution in [3.63, 3.8) is 0 Å². The fraction of sp³-hybridized carbons (Fsp3) is 0.158. The Hall–Kier alpha value is -2.64. The van der Waals surface area contributed by atoms with E-state index in [-0.39, 0.29) is 23.0 Å². The van der Waals surface area contributed by atoms with Crippen molar-refractivity contribution >= 4 is 33.2 Å². The standard InChI is InChI=1S/C19H18ClN3O3S/c20-16-6-8-17(9-7-16)27(25,26)13-11-19(24)22-18-10-12-21-23(18)14-15-4-2-1-3-5-15/h1-10,12H,11,13-14H2,(H,22,24). The Morgan fingerprint density at radius 1 is 1.04 bits per heavy atom. The topological polar surface area (TPSA) is 81.1 Å². The zero-order valence-electron chi connectivity index (χ0n) is 14.4. The maximum atomic E-state index is 12.3. The highest BCUT2D eigenvalue weighted by atomic mass is 35.5. The summed E-state index contributed by atoms with van der Waals surface area (Å²) in [6.07, 6.45) is 1.44. The summed E-state index contributed by atoms with van der Waals surface area (Å²) in [4.78, 5) is 12.4. The lowest BCUT2D eigenvalue weighted by Gasteiger charge is -2.09. The van der Waals surface area contributed by atoms with Crippen molar-refractivity contribution in [1.29, 1.82) is 0 Å². The molecule has 0 spiro atoms. The Balaban J connectivity index is 1.60. The summed E-state index contributed by atoms with van der Waals surface area (Å²) in [5.74, 6) is -0.150. The van der Waals surface area contributed by atoms with E-state index in [1.165, 1.54) is 24.3 Å². The smallest absolute Gasteiger partial charge is 0.226 e. The number of hydrogen-bond donors (Lipinski definition) is 1. The summed E-state index contributed by atoms with van der Waals surface area (Å²) >= 11 is 5.77. The molecule has 2 aromatic carbocycles. The molecule has 140 valence electrons. The van der Waals surface area contributed by atoms with Crippen LogP contribution in [-0.2, 0) is 21.2 Å². The lowest BCUT2D eigenvalue weighted by molar-refractivity contribution is -0.115. The molecule has 0 saturated heterocycles. The van der Waals surface area contributed by atoms with Crippen LogP contribution in [0.15, 0.2) is 71.8 Å². The Morgan fingerprint density at radius 3 is 2.44 bits per heavy atom. The second kappa shape index (κ2) is 8.37. The number of nitrogens with one attached hydrogen (secondary N) is 1. The molecule has 8 heteroatoms. The SMILES string of the molecule is O=C(CCS(=O)(=O)c1ccc(Cl)cc1)Nc1ccnn1Cc1ccccc1. The monoisotopic (exact) mass is 403 g/mol. The molecule has 3 aromatic rings. The number of amides is 1. The van der Waals surface area contributed by atoms with Crippen LogP contribution < -0.4 is 5.32 Å². The van der Waals surface area contributed by atoms with Gasteiger partial charge in [-0.15, -0.1) is 0 Å². The van der Waals surface area contributed by atoms with Gasteiger partial charge in [-0.05, 0) is 29.8 Å². The van der Waals surface area contributed by atoms with E-state index in [0.29, 0.717) is 17.4 Å². The van der Waals surface area contributed by atoms with Gasteiger partial charge in [-0.1, -0.05) is 41.9 Å². The predicted molar refractivity (Wildman–Crippen MR) is 105 cm³/mol. The summed E-state index contributed by atoms with van der Waals surface area (Å²) < 4.78 is 26.3. The summed E-state index contributed by atoms with van der Waals surface area (Å²) in [7, 11) is -3.55. The highest BCUT2D eigenvalue weighted by Gasteiger charge is 2.17. The van der Waals surface area contributed by atoms with E-state index in [1.54, 1.807) is 16.9 Å². The molecular weight excluding hydrogens is 386 g/mol. The van der Waals surface area contributed by atoms with Gasteiger partial charge < -0.3 is 5.32 Å². The summed E-state index contributed by atoms with van der Waals surface area (Å²) in [5.41, 5.74) is 1.04. The molecule has 0 aliphatic rings. The van der Waals surface area contributed by atoms with E-state index in [4.69, 9.17) is 11.6 Å². The van der Waals surface area contributed by atoms with Crippen LogP contribution in [0.5, 0.6) is 0 Å². The second-order valence-corrected chi connectivity index (χ2v) is 8.48. The molecule has 1 heterocycles. The number of sulfone groups is 1. The van der Waals surface area contributed by atoms with E-state index in [2.05, 4.69) is 10.4 Å². The molecule has 1 aromatic heterocycles. The average molecular weight is 404 g/mol. The summed E-state index contributed by atoms with van der Waals surface area (Å²) in [5, 5.41) is 7.38. The largest absolute Gasteiger partial charge is 0.311 e. The molecule has 0 aliphatic carbocycles. The fourth-order valence-corrected chi connectivity index (χ4v) is 3.88. The van der Waals surface area contributed by atoms with E-state index < -0.39 is 9.84 Å². The first-order chi connectivity index (χ1) is 12.9. The summed E-state index contributed by atoms with van der Waals surface area (Å²) in [6.45, 7) is 0.506. The van der Waals surface area contributed by atoms with Gasteiger partial charge in [0.2, 0.25) is 5.91 Å². The van der Waals surface area contributed by atoms with Gasteiger partial charge in [0.05, 0.1) is 23.4 Å². The van der Waals surface area contributed by atoms with Gasteiger partial charge in [-0.25, -0.2) is 13.1 Å². The third-order valence-electron chi connectivity index (χ3n) is 3.93. The van der Waals surface area contributed by atoms with Crippen LogP contribution in [0, 0.1) is 0 Å². The Kier molecular flexibility index (Phi) is 5.93. The van der Waals surface area contributed by atoms with Crippen molar-refractivity contribution in [3.05, 3.63) is 77.4 Å². The molecule has 0 unspecified atom stereocenters. The van der Waals surface area contributed by atoms with E-state index >= 15 is 0 Å². The van der Waals surface area contributed by atoms with Crippen LogP contribution in [0.3, 0.4) is 0 Å². The van der Waals surface area contributed by atoms with Crippen molar-refractivity contribution < 1.29 is 13.2 Å². The zero-order chi connectivity index (χ0) is 19.3. The molecule has 1 N–H and O–H groups in total. The van der Waals surface area contributed by atoms with E-state index in [0.717, 1.165) is 5.56 Å². The first kappa shape index (κ1) is 19.1. The molecule has 27 heavy (non-hydrogen) atoms. The maximum Gasteiger partial charge on any atom is 0.226 e. The van der Waals surface area contributed by atoms with Crippen LogP contribution >= 0.6 is 11.6 Å². The molecule has 6 nitrogen and oxygen atoms in total. The lowest BCUT2D eigenvalue weighted by atomic mass is 10.2. The first-order valence-electron chi connectivity index (χ1n) is 8.28. The van der Waals surface area contributed by atoms with Crippen molar-refractivity contribution in [2.75, 3.05) is 11.1 Å². The number of hydrogen-bond acceptors (Lipinski definition) is 4. The van der Waals surface area contributed by atoms with Gasteiger partial charge in [0.25, 0.3) is 0 Å². The van der Waals surface area contributed by atoms with Gasteiger partial charge >= 0.3 is 0 Å². The third-order valence-corrected chi connectivity index (χ3v) is 5.91. The van der Waals surface area contributed by atoms with E-state index in [1.807, 2.05) is 30.3 Å². The Morgan fingerprint density at radius 2 is 1.74 bits per heavy atom. The zero-order valence-corrected chi connectivity index (χ0v) is 15.9. The van der Waals surface area contributed by atoms with Gasteiger partial charge in [-0.2, -0.15) is 5.10 Å². The van der Waals surface area contributed by atoms with Crippen LogP contribution in [0.25, 0.3) is 0 Å². The minimum Gasteiger partial charge on any atom is -0.311 e. The molecule has 0 bridgehead atoms. The number of benzene rings is 2. The average Bonchev–Trinajstić information content (AvgIpc) is 3.08. The van der Waals surface area contributed by atoms with Gasteiger partial charge in [-0.3, -0.25) is 4.79 Å². The number of rotatable bonds is 7. The molecule has 1 amide bonds. The fourth-order valence-electron chi connectivity index (χ4n) is 2.51. The number of anilines is 1. The molecule has 0 fully saturated rings. The summed E-state index contributed by atoms with van der Waals surface area (Å²) in [6, 6.07) is 17.3. The normalized spacial score (nSPS) is 11.3. The van der Waals surface area contributed by atoms with Crippen molar-refractivity contribution in [1.82, 2.24) is 9.78 Å². The van der Waals surface area contributed by atoms with Gasteiger partial charge in [0, 0.05) is 17.5 Å². The molecule has 0 radical (unpaired) electrons. The van der Waals surface area contributed by atoms with Gasteiger partial charge in [0.15, 0.2) is 9.84 Å². The minimum atomic E-state index is -3.55. The maximum absolute atomic E-state index is 12.3. The van der Waals surface area contributed by atoms with Crippen molar-refractivity contribution in [2.24, 2.45) is 0 Å². The van der Waals surface area contributed by atoms with Crippen LogP contribution in [0.1, 0.15) is 12.0 Å². The highest BCUT2D eigenvalue weighted by Crippen LogP contribution is 2.16. The minimum absolute atomic E-state index is 0.147. The number of aromatic nitrogens is 2. The molecule has 0 saturated carbocycles. The van der Waals surface area contributed by atoms with Crippen molar-refractivity contribution in [2.45, 2.75) is 17.9 Å². The number of carbonyl (C=O) groups excluding carboxylic acids is 1. The quantitative estimate of drug-likeness (QED) is 0.655. The molecular formula is C19H18ClN3O3S.